The van der Waals surface area contributed by atoms with E-state index in [0.29, 0.717) is 12.1 Å². The highest BCUT2D eigenvalue weighted by Gasteiger charge is 2.40. The zero-order valence-corrected chi connectivity index (χ0v) is 11.7. The lowest BCUT2D eigenvalue weighted by Gasteiger charge is -2.44. The summed E-state index contributed by atoms with van der Waals surface area (Å²) < 4.78 is 0. The summed E-state index contributed by atoms with van der Waals surface area (Å²) in [7, 11) is 1.81. The van der Waals surface area contributed by atoms with Gasteiger partial charge in [-0.25, -0.2) is 0 Å². The van der Waals surface area contributed by atoms with Crippen LogP contribution in [0.15, 0.2) is 30.3 Å². The predicted molar refractivity (Wildman–Crippen MR) is 74.1 cm³/mol. The van der Waals surface area contributed by atoms with Crippen LogP contribution < -0.4 is 0 Å². The molecule has 1 aromatic rings. The van der Waals surface area contributed by atoms with Gasteiger partial charge in [0.15, 0.2) is 5.78 Å². The number of carbonyl (C=O) groups excluding carboxylic acids is 2. The Kier molecular flexibility index (Phi) is 3.71. The number of piperazine rings is 1. The Labute approximate surface area is 114 Å². The second-order valence-corrected chi connectivity index (χ2v) is 5.50. The van der Waals surface area contributed by atoms with Gasteiger partial charge in [0.05, 0.1) is 12.1 Å². The van der Waals surface area contributed by atoms with Crippen molar-refractivity contribution in [2.24, 2.45) is 0 Å². The number of hydrogen-bond donors (Lipinski definition) is 0. The van der Waals surface area contributed by atoms with Crippen molar-refractivity contribution in [3.63, 3.8) is 0 Å². The molecular formula is C15H20N2O2. The number of amides is 1. The average molecular weight is 260 g/mol. The van der Waals surface area contributed by atoms with E-state index in [1.807, 2.05) is 49.1 Å². The van der Waals surface area contributed by atoms with E-state index in [2.05, 4.69) is 0 Å². The molecule has 1 aliphatic rings. The zero-order chi connectivity index (χ0) is 14.0. The van der Waals surface area contributed by atoms with Crippen LogP contribution in [0.2, 0.25) is 0 Å². The van der Waals surface area contributed by atoms with Crippen LogP contribution in [0, 0.1) is 0 Å². The molecule has 1 amide bonds. The fourth-order valence-electron chi connectivity index (χ4n) is 2.42. The smallest absolute Gasteiger partial charge is 0.242 e. The van der Waals surface area contributed by atoms with Crippen molar-refractivity contribution in [1.82, 2.24) is 9.80 Å². The maximum absolute atomic E-state index is 12.2. The maximum Gasteiger partial charge on any atom is 0.242 e. The molecule has 4 nitrogen and oxygen atoms in total. The number of nitrogens with zero attached hydrogens (tertiary/aromatic N) is 2. The molecule has 0 bridgehead atoms. The second-order valence-electron chi connectivity index (χ2n) is 5.50. The molecule has 0 unspecified atom stereocenters. The summed E-state index contributed by atoms with van der Waals surface area (Å²) in [6.07, 6.45) is 0. The number of hydrogen-bond acceptors (Lipinski definition) is 3. The van der Waals surface area contributed by atoms with Crippen LogP contribution in [0.3, 0.4) is 0 Å². The van der Waals surface area contributed by atoms with Crippen molar-refractivity contribution in [2.45, 2.75) is 19.4 Å². The third-order valence-corrected chi connectivity index (χ3v) is 3.80. The van der Waals surface area contributed by atoms with Gasteiger partial charge in [-0.2, -0.15) is 0 Å². The van der Waals surface area contributed by atoms with Crippen LogP contribution in [0.25, 0.3) is 0 Å². The van der Waals surface area contributed by atoms with E-state index in [4.69, 9.17) is 0 Å². The Balaban J connectivity index is 2.11. The highest BCUT2D eigenvalue weighted by atomic mass is 16.2. The van der Waals surface area contributed by atoms with Gasteiger partial charge in [0.25, 0.3) is 0 Å². The molecule has 0 N–H and O–H groups in total. The van der Waals surface area contributed by atoms with Crippen LogP contribution in [0.5, 0.6) is 0 Å². The Bertz CT molecular complexity index is 482. The molecule has 2 rings (SSSR count). The van der Waals surface area contributed by atoms with Crippen molar-refractivity contribution in [3.8, 4) is 0 Å². The minimum atomic E-state index is -0.614. The Morgan fingerprint density at radius 2 is 1.84 bits per heavy atom. The molecule has 1 saturated heterocycles. The first-order chi connectivity index (χ1) is 8.93. The second kappa shape index (κ2) is 5.13. The fourth-order valence-corrected chi connectivity index (χ4v) is 2.42. The molecule has 0 aliphatic carbocycles. The van der Waals surface area contributed by atoms with Crippen molar-refractivity contribution < 1.29 is 9.59 Å². The summed E-state index contributed by atoms with van der Waals surface area (Å²) >= 11 is 0. The van der Waals surface area contributed by atoms with Gasteiger partial charge in [0.2, 0.25) is 5.91 Å². The molecule has 0 radical (unpaired) electrons. The first-order valence-corrected chi connectivity index (χ1v) is 6.52. The van der Waals surface area contributed by atoms with Gasteiger partial charge in [-0.1, -0.05) is 30.3 Å². The summed E-state index contributed by atoms with van der Waals surface area (Å²) in [6, 6.07) is 9.22. The highest BCUT2D eigenvalue weighted by molar-refractivity contribution is 5.98. The minimum absolute atomic E-state index is 0.0611. The lowest BCUT2D eigenvalue weighted by atomic mass is 9.96. The number of benzene rings is 1. The summed E-state index contributed by atoms with van der Waals surface area (Å²) in [5.74, 6) is 0.130. The van der Waals surface area contributed by atoms with Crippen LogP contribution in [0.1, 0.15) is 24.2 Å². The third-order valence-electron chi connectivity index (χ3n) is 3.80. The summed E-state index contributed by atoms with van der Waals surface area (Å²) in [5, 5.41) is 0. The van der Waals surface area contributed by atoms with E-state index in [0.717, 1.165) is 6.54 Å². The molecular weight excluding hydrogens is 240 g/mol. The molecule has 102 valence electrons. The summed E-state index contributed by atoms with van der Waals surface area (Å²) in [4.78, 5) is 28.1. The van der Waals surface area contributed by atoms with E-state index < -0.39 is 5.54 Å². The van der Waals surface area contributed by atoms with E-state index in [-0.39, 0.29) is 18.2 Å². The van der Waals surface area contributed by atoms with E-state index in [1.54, 1.807) is 11.9 Å². The van der Waals surface area contributed by atoms with Crippen LogP contribution in [-0.2, 0) is 4.79 Å². The van der Waals surface area contributed by atoms with Crippen molar-refractivity contribution in [2.75, 3.05) is 26.7 Å². The third kappa shape index (κ3) is 2.68. The Morgan fingerprint density at radius 1 is 1.21 bits per heavy atom. The molecule has 1 fully saturated rings. The van der Waals surface area contributed by atoms with Gasteiger partial charge < -0.3 is 4.90 Å². The molecule has 1 heterocycles. The monoisotopic (exact) mass is 260 g/mol. The summed E-state index contributed by atoms with van der Waals surface area (Å²) in [6.45, 7) is 5.45. The highest BCUT2D eigenvalue weighted by Crippen LogP contribution is 2.21. The standard InChI is InChI=1S/C15H20N2O2/c1-15(2)14(19)16(3)9-10-17(15)11-13(18)12-7-5-4-6-8-12/h4-8H,9-11H2,1-3H3. The van der Waals surface area contributed by atoms with Gasteiger partial charge >= 0.3 is 0 Å². The van der Waals surface area contributed by atoms with Crippen LogP contribution >= 0.6 is 0 Å². The van der Waals surface area contributed by atoms with Gasteiger partial charge in [-0.3, -0.25) is 14.5 Å². The first kappa shape index (κ1) is 13.7. The van der Waals surface area contributed by atoms with Crippen molar-refractivity contribution in [3.05, 3.63) is 35.9 Å². The van der Waals surface area contributed by atoms with Gasteiger partial charge in [-0.05, 0) is 13.8 Å². The SMILES string of the molecule is CN1CCN(CC(=O)c2ccccc2)C(C)(C)C1=O. The number of Topliss-reactive ketones (excluding diaryl/α,β-unsaturated/α-hetero) is 1. The van der Waals surface area contributed by atoms with Crippen LogP contribution in [0.4, 0.5) is 0 Å². The lowest BCUT2D eigenvalue weighted by molar-refractivity contribution is -0.146. The number of carbonyl (C=O) groups is 2. The van der Waals surface area contributed by atoms with Gasteiger partial charge in [0.1, 0.15) is 0 Å². The van der Waals surface area contributed by atoms with Gasteiger partial charge in [0, 0.05) is 25.7 Å². The number of ketones is 1. The quantitative estimate of drug-likeness (QED) is 0.772. The van der Waals surface area contributed by atoms with E-state index in [9.17, 15) is 9.59 Å². The largest absolute Gasteiger partial charge is 0.343 e. The molecule has 4 heteroatoms. The molecule has 1 aliphatic heterocycles. The van der Waals surface area contributed by atoms with Crippen molar-refractivity contribution in [1.29, 1.82) is 0 Å². The number of rotatable bonds is 3. The minimum Gasteiger partial charge on any atom is -0.343 e. The van der Waals surface area contributed by atoms with E-state index >= 15 is 0 Å². The zero-order valence-electron chi connectivity index (χ0n) is 11.7. The fraction of sp³-hybridized carbons (Fsp3) is 0.467. The first-order valence-electron chi connectivity index (χ1n) is 6.52. The molecule has 0 aromatic heterocycles. The van der Waals surface area contributed by atoms with Crippen LogP contribution in [-0.4, -0.2) is 53.7 Å². The van der Waals surface area contributed by atoms with Gasteiger partial charge in [-0.15, -0.1) is 0 Å². The van der Waals surface area contributed by atoms with Crippen molar-refractivity contribution >= 4 is 11.7 Å². The predicted octanol–water partition coefficient (Wildman–Crippen LogP) is 1.42. The van der Waals surface area contributed by atoms with E-state index in [1.165, 1.54) is 0 Å². The average Bonchev–Trinajstić information content (AvgIpc) is 2.41. The Hall–Kier alpha value is -1.68. The topological polar surface area (TPSA) is 40.6 Å². The molecule has 0 spiro atoms. The number of likely N-dealkylation sites (N-methyl/N-ethyl adjacent to an activating group) is 1. The molecule has 19 heavy (non-hydrogen) atoms. The molecule has 1 aromatic carbocycles. The Morgan fingerprint density at radius 3 is 2.47 bits per heavy atom. The summed E-state index contributed by atoms with van der Waals surface area (Å²) in [5.41, 5.74) is 0.0851. The lowest BCUT2D eigenvalue weighted by Crippen LogP contribution is -2.62. The molecule has 0 atom stereocenters. The maximum atomic E-state index is 12.2. The normalized spacial score (nSPS) is 19.5. The molecule has 0 saturated carbocycles.